The molecule has 0 N–H and O–H groups in total. The number of hydrogen-bond acceptors (Lipinski definition) is 4. The molecule has 2 aliphatic heterocycles. The van der Waals surface area contributed by atoms with Crippen LogP contribution in [0.5, 0.6) is 11.5 Å². The van der Waals surface area contributed by atoms with Crippen molar-refractivity contribution in [1.29, 1.82) is 0 Å². The molecule has 2 aliphatic rings. The number of ether oxygens (including phenoxy) is 2. The second-order valence-corrected chi connectivity index (χ2v) is 5.18. The molecule has 0 saturated heterocycles. The maximum absolute atomic E-state index is 6.24. The maximum atomic E-state index is 6.24. The summed E-state index contributed by atoms with van der Waals surface area (Å²) in [4.78, 5) is 5.22. The molecule has 0 spiro atoms. The number of oxime groups is 1. The molecule has 1 aromatic rings. The van der Waals surface area contributed by atoms with Crippen LogP contribution in [0.4, 0.5) is 0 Å². The third-order valence-electron chi connectivity index (χ3n) is 3.04. The second kappa shape index (κ2) is 5.47. The van der Waals surface area contributed by atoms with Gasteiger partial charge in [0.05, 0.1) is 29.8 Å². The van der Waals surface area contributed by atoms with E-state index < -0.39 is 0 Å². The minimum Gasteiger partial charge on any atom is -0.489 e. The predicted molar refractivity (Wildman–Crippen MR) is 73.8 cm³/mol. The zero-order chi connectivity index (χ0) is 13.2. The van der Waals surface area contributed by atoms with Crippen molar-refractivity contribution in [2.45, 2.75) is 18.9 Å². The number of fused-ring (bicyclic) bond motifs is 1. The van der Waals surface area contributed by atoms with Gasteiger partial charge in [-0.15, -0.1) is 11.6 Å². The summed E-state index contributed by atoms with van der Waals surface area (Å²) in [6, 6.07) is 3.72. The first-order valence-electron chi connectivity index (χ1n) is 6.16. The first kappa shape index (κ1) is 12.9. The van der Waals surface area contributed by atoms with E-state index in [-0.39, 0.29) is 6.10 Å². The predicted octanol–water partition coefficient (Wildman–Crippen LogP) is 3.23. The Hall–Kier alpha value is -1.13. The Kier molecular flexibility index (Phi) is 3.71. The molecule has 2 heterocycles. The van der Waals surface area contributed by atoms with Crippen molar-refractivity contribution in [2.24, 2.45) is 5.16 Å². The molecule has 0 radical (unpaired) electrons. The molecule has 0 saturated carbocycles. The lowest BCUT2D eigenvalue weighted by Crippen LogP contribution is -2.09. The molecule has 0 fully saturated rings. The highest BCUT2D eigenvalue weighted by Crippen LogP contribution is 2.38. The standard InChI is InChI=1S/C13H13Cl2NO3/c14-7-9-6-11(16-19-9)8-4-10(15)13-12(5-8)17-2-1-3-18-13/h4-5,9H,1-3,6-7H2. The van der Waals surface area contributed by atoms with E-state index in [0.717, 1.165) is 17.7 Å². The Morgan fingerprint density at radius 3 is 2.89 bits per heavy atom. The quantitative estimate of drug-likeness (QED) is 0.787. The lowest BCUT2D eigenvalue weighted by Gasteiger charge is -2.11. The Balaban J connectivity index is 1.92. The minimum atomic E-state index is -0.0635. The molecule has 1 unspecified atom stereocenters. The Bertz CT molecular complexity index is 519. The second-order valence-electron chi connectivity index (χ2n) is 4.46. The van der Waals surface area contributed by atoms with E-state index in [1.165, 1.54) is 0 Å². The number of halogens is 2. The average Bonchev–Trinajstić information content (AvgIpc) is 2.77. The summed E-state index contributed by atoms with van der Waals surface area (Å²) in [5.74, 6) is 1.69. The molecule has 6 heteroatoms. The van der Waals surface area contributed by atoms with Gasteiger partial charge in [0.15, 0.2) is 11.5 Å². The normalized spacial score (nSPS) is 21.6. The van der Waals surface area contributed by atoms with Gasteiger partial charge in [-0.3, -0.25) is 0 Å². The van der Waals surface area contributed by atoms with Crippen LogP contribution >= 0.6 is 23.2 Å². The number of nitrogens with zero attached hydrogens (tertiary/aromatic N) is 1. The van der Waals surface area contributed by atoms with Gasteiger partial charge in [0.2, 0.25) is 0 Å². The molecule has 0 bridgehead atoms. The van der Waals surface area contributed by atoms with Crippen molar-refractivity contribution in [3.63, 3.8) is 0 Å². The van der Waals surface area contributed by atoms with E-state index in [1.54, 1.807) is 0 Å². The molecule has 3 rings (SSSR count). The van der Waals surface area contributed by atoms with E-state index in [4.69, 9.17) is 37.5 Å². The monoisotopic (exact) mass is 301 g/mol. The summed E-state index contributed by atoms with van der Waals surface area (Å²) in [5.41, 5.74) is 1.73. The maximum Gasteiger partial charge on any atom is 0.179 e. The highest BCUT2D eigenvalue weighted by molar-refractivity contribution is 6.32. The molecule has 0 amide bonds. The Labute approximate surface area is 121 Å². The van der Waals surface area contributed by atoms with Gasteiger partial charge in [0, 0.05) is 18.4 Å². The van der Waals surface area contributed by atoms with Crippen LogP contribution in [0, 0.1) is 0 Å². The lowest BCUT2D eigenvalue weighted by atomic mass is 10.0. The molecule has 1 aromatic carbocycles. The van der Waals surface area contributed by atoms with Crippen molar-refractivity contribution in [3.05, 3.63) is 22.7 Å². The number of benzene rings is 1. The molecular weight excluding hydrogens is 289 g/mol. The van der Waals surface area contributed by atoms with Crippen molar-refractivity contribution >= 4 is 28.9 Å². The first-order valence-corrected chi connectivity index (χ1v) is 7.07. The summed E-state index contributed by atoms with van der Waals surface area (Å²) in [6.07, 6.45) is 1.46. The van der Waals surface area contributed by atoms with Crippen molar-refractivity contribution in [2.75, 3.05) is 19.1 Å². The van der Waals surface area contributed by atoms with Gasteiger partial charge in [0.1, 0.15) is 6.10 Å². The third-order valence-corrected chi connectivity index (χ3v) is 3.67. The first-order chi connectivity index (χ1) is 9.28. The topological polar surface area (TPSA) is 40.0 Å². The van der Waals surface area contributed by atoms with E-state index in [9.17, 15) is 0 Å². The molecule has 4 nitrogen and oxygen atoms in total. The number of rotatable bonds is 2. The lowest BCUT2D eigenvalue weighted by molar-refractivity contribution is 0.102. The minimum absolute atomic E-state index is 0.0635. The largest absolute Gasteiger partial charge is 0.489 e. The summed E-state index contributed by atoms with van der Waals surface area (Å²) >= 11 is 12.0. The van der Waals surface area contributed by atoms with Gasteiger partial charge in [-0.05, 0) is 12.1 Å². The summed E-state index contributed by atoms with van der Waals surface area (Å²) in [5, 5.41) is 4.58. The summed E-state index contributed by atoms with van der Waals surface area (Å²) in [7, 11) is 0. The van der Waals surface area contributed by atoms with Gasteiger partial charge in [0.25, 0.3) is 0 Å². The van der Waals surface area contributed by atoms with Gasteiger partial charge in [-0.2, -0.15) is 0 Å². The summed E-state index contributed by atoms with van der Waals surface area (Å²) < 4.78 is 11.2. The molecule has 102 valence electrons. The van der Waals surface area contributed by atoms with E-state index in [1.807, 2.05) is 12.1 Å². The average molecular weight is 302 g/mol. The highest BCUT2D eigenvalue weighted by atomic mass is 35.5. The number of alkyl halides is 1. The van der Waals surface area contributed by atoms with Crippen molar-refractivity contribution < 1.29 is 14.3 Å². The van der Waals surface area contributed by atoms with E-state index >= 15 is 0 Å². The van der Waals surface area contributed by atoms with E-state index in [2.05, 4.69) is 5.16 Å². The van der Waals surface area contributed by atoms with Crippen LogP contribution in [0.3, 0.4) is 0 Å². The van der Waals surface area contributed by atoms with E-state index in [0.29, 0.717) is 42.0 Å². The zero-order valence-electron chi connectivity index (χ0n) is 10.2. The fourth-order valence-corrected chi connectivity index (χ4v) is 2.51. The molecule has 0 aromatic heterocycles. The molecule has 0 aliphatic carbocycles. The van der Waals surface area contributed by atoms with Crippen LogP contribution in [0.15, 0.2) is 17.3 Å². The van der Waals surface area contributed by atoms with Crippen molar-refractivity contribution in [1.82, 2.24) is 0 Å². The van der Waals surface area contributed by atoms with Gasteiger partial charge in [-0.25, -0.2) is 0 Å². The smallest absolute Gasteiger partial charge is 0.179 e. The molecular formula is C13H13Cl2NO3. The van der Waals surface area contributed by atoms with Gasteiger partial charge >= 0.3 is 0 Å². The van der Waals surface area contributed by atoms with Crippen LogP contribution in [0.25, 0.3) is 0 Å². The van der Waals surface area contributed by atoms with Crippen LogP contribution in [0.2, 0.25) is 5.02 Å². The summed E-state index contributed by atoms with van der Waals surface area (Å²) in [6.45, 7) is 1.24. The fourth-order valence-electron chi connectivity index (χ4n) is 2.08. The SMILES string of the molecule is ClCC1CC(c2cc(Cl)c3c(c2)OCCCO3)=NO1. The van der Waals surface area contributed by atoms with Crippen LogP contribution in [0.1, 0.15) is 18.4 Å². The van der Waals surface area contributed by atoms with Crippen molar-refractivity contribution in [3.8, 4) is 11.5 Å². The fraction of sp³-hybridized carbons (Fsp3) is 0.462. The number of hydrogen-bond donors (Lipinski definition) is 0. The Morgan fingerprint density at radius 1 is 1.26 bits per heavy atom. The zero-order valence-corrected chi connectivity index (χ0v) is 11.7. The van der Waals surface area contributed by atoms with Crippen LogP contribution in [-0.4, -0.2) is 30.9 Å². The van der Waals surface area contributed by atoms with Gasteiger partial charge in [-0.1, -0.05) is 16.8 Å². The van der Waals surface area contributed by atoms with Crippen LogP contribution < -0.4 is 9.47 Å². The Morgan fingerprint density at radius 2 is 2.11 bits per heavy atom. The highest BCUT2D eigenvalue weighted by Gasteiger charge is 2.24. The molecule has 19 heavy (non-hydrogen) atoms. The third kappa shape index (κ3) is 2.60. The van der Waals surface area contributed by atoms with Gasteiger partial charge < -0.3 is 14.3 Å². The van der Waals surface area contributed by atoms with Crippen LogP contribution in [-0.2, 0) is 4.84 Å². The molecule has 1 atom stereocenters.